The van der Waals surface area contributed by atoms with E-state index in [4.69, 9.17) is 5.11 Å². The number of aliphatic hydroxyl groups is 2. The minimum Gasteiger partial charge on any atom is -0.394 e. The van der Waals surface area contributed by atoms with E-state index < -0.39 is 6.10 Å². The van der Waals surface area contributed by atoms with Crippen LogP contribution < -0.4 is 10.2 Å². The van der Waals surface area contributed by atoms with Crippen molar-refractivity contribution in [1.29, 1.82) is 0 Å². The van der Waals surface area contributed by atoms with Gasteiger partial charge in [-0.1, -0.05) is 0 Å². The summed E-state index contributed by atoms with van der Waals surface area (Å²) in [4.78, 5) is 7.71. The Balaban J connectivity index is 2.40. The molecule has 0 aliphatic heterocycles. The Morgan fingerprint density at radius 1 is 1.47 bits per heavy atom. The predicted octanol–water partition coefficient (Wildman–Crippen LogP) is 0.432. The molecule has 0 radical (unpaired) electrons. The predicted molar refractivity (Wildman–Crippen MR) is 70.5 cm³/mol. The van der Waals surface area contributed by atoms with E-state index in [2.05, 4.69) is 29.0 Å². The van der Waals surface area contributed by atoms with Crippen LogP contribution in [0, 0.1) is 0 Å². The Bertz CT molecular complexity index is 315. The zero-order valence-corrected chi connectivity index (χ0v) is 11.2. The van der Waals surface area contributed by atoms with Crippen LogP contribution >= 0.6 is 11.3 Å². The van der Waals surface area contributed by atoms with Gasteiger partial charge in [-0.3, -0.25) is 0 Å². The maximum absolute atomic E-state index is 9.17. The third-order valence-corrected chi connectivity index (χ3v) is 3.52. The quantitative estimate of drug-likeness (QED) is 0.632. The molecule has 1 heterocycles. The molecule has 0 amide bonds. The molecule has 1 rings (SSSR count). The van der Waals surface area contributed by atoms with Gasteiger partial charge in [0.05, 0.1) is 12.7 Å². The fourth-order valence-corrected chi connectivity index (χ4v) is 2.45. The SMILES string of the molecule is CCN(CC)c1ncc(CNCC(O)CO)s1. The molecule has 0 bridgehead atoms. The van der Waals surface area contributed by atoms with Crippen molar-refractivity contribution in [1.82, 2.24) is 10.3 Å². The lowest BCUT2D eigenvalue weighted by molar-refractivity contribution is 0.0943. The number of hydrogen-bond acceptors (Lipinski definition) is 6. The molecule has 17 heavy (non-hydrogen) atoms. The molecule has 0 saturated heterocycles. The Labute approximate surface area is 106 Å². The molecule has 5 nitrogen and oxygen atoms in total. The molecule has 98 valence electrons. The zero-order valence-electron chi connectivity index (χ0n) is 10.4. The largest absolute Gasteiger partial charge is 0.394 e. The minimum atomic E-state index is -0.690. The van der Waals surface area contributed by atoms with Crippen molar-refractivity contribution in [3.05, 3.63) is 11.1 Å². The first-order valence-electron chi connectivity index (χ1n) is 5.90. The summed E-state index contributed by atoms with van der Waals surface area (Å²) >= 11 is 1.66. The second kappa shape index (κ2) is 7.60. The summed E-state index contributed by atoms with van der Waals surface area (Å²) in [5.41, 5.74) is 0. The van der Waals surface area contributed by atoms with Gasteiger partial charge in [0.2, 0.25) is 0 Å². The van der Waals surface area contributed by atoms with E-state index in [1.54, 1.807) is 11.3 Å². The molecule has 0 saturated carbocycles. The van der Waals surface area contributed by atoms with Gasteiger partial charge in [-0.15, -0.1) is 11.3 Å². The van der Waals surface area contributed by atoms with E-state index in [9.17, 15) is 5.11 Å². The fourth-order valence-electron chi connectivity index (χ4n) is 1.45. The van der Waals surface area contributed by atoms with Gasteiger partial charge < -0.3 is 20.4 Å². The average Bonchev–Trinajstić information content (AvgIpc) is 2.79. The van der Waals surface area contributed by atoms with Gasteiger partial charge in [-0.2, -0.15) is 0 Å². The highest BCUT2D eigenvalue weighted by atomic mass is 32.1. The molecule has 6 heteroatoms. The van der Waals surface area contributed by atoms with Crippen LogP contribution in [-0.4, -0.2) is 47.5 Å². The molecular formula is C11H21N3O2S. The summed E-state index contributed by atoms with van der Waals surface area (Å²) in [7, 11) is 0. The number of rotatable bonds is 8. The maximum Gasteiger partial charge on any atom is 0.185 e. The summed E-state index contributed by atoms with van der Waals surface area (Å²) < 4.78 is 0. The van der Waals surface area contributed by atoms with E-state index >= 15 is 0 Å². The summed E-state index contributed by atoms with van der Waals surface area (Å²) in [5, 5.41) is 22.0. The van der Waals surface area contributed by atoms with Crippen molar-refractivity contribution in [2.24, 2.45) is 0 Å². The molecule has 0 fully saturated rings. The molecule has 0 aliphatic rings. The van der Waals surface area contributed by atoms with Gasteiger partial charge in [0.15, 0.2) is 5.13 Å². The topological polar surface area (TPSA) is 68.6 Å². The van der Waals surface area contributed by atoms with Crippen LogP contribution in [-0.2, 0) is 6.54 Å². The van der Waals surface area contributed by atoms with Crippen LogP contribution in [0.1, 0.15) is 18.7 Å². The first-order valence-corrected chi connectivity index (χ1v) is 6.72. The molecule has 0 aliphatic carbocycles. The van der Waals surface area contributed by atoms with Crippen molar-refractivity contribution >= 4 is 16.5 Å². The monoisotopic (exact) mass is 259 g/mol. The van der Waals surface area contributed by atoms with E-state index in [0.29, 0.717) is 13.1 Å². The zero-order chi connectivity index (χ0) is 12.7. The number of thiazole rings is 1. The van der Waals surface area contributed by atoms with Crippen LogP contribution in [0.3, 0.4) is 0 Å². The van der Waals surface area contributed by atoms with Gasteiger partial charge in [-0.25, -0.2) is 4.98 Å². The van der Waals surface area contributed by atoms with Crippen LogP contribution in [0.25, 0.3) is 0 Å². The Kier molecular flexibility index (Phi) is 6.43. The molecule has 1 aromatic heterocycles. The summed E-state index contributed by atoms with van der Waals surface area (Å²) in [6.45, 7) is 7.01. The third-order valence-electron chi connectivity index (χ3n) is 2.47. The van der Waals surface area contributed by atoms with E-state index in [1.165, 1.54) is 0 Å². The maximum atomic E-state index is 9.17. The number of anilines is 1. The minimum absolute atomic E-state index is 0.208. The Hall–Kier alpha value is -0.690. The highest BCUT2D eigenvalue weighted by Crippen LogP contribution is 2.21. The molecule has 1 atom stereocenters. The third kappa shape index (κ3) is 4.59. The highest BCUT2D eigenvalue weighted by Gasteiger charge is 2.08. The van der Waals surface area contributed by atoms with Crippen molar-refractivity contribution in [2.45, 2.75) is 26.5 Å². The van der Waals surface area contributed by atoms with Crippen molar-refractivity contribution < 1.29 is 10.2 Å². The smallest absolute Gasteiger partial charge is 0.185 e. The van der Waals surface area contributed by atoms with Crippen molar-refractivity contribution in [3.8, 4) is 0 Å². The number of nitrogens with zero attached hydrogens (tertiary/aromatic N) is 2. The lowest BCUT2D eigenvalue weighted by atomic mass is 10.4. The van der Waals surface area contributed by atoms with E-state index in [-0.39, 0.29) is 6.61 Å². The molecule has 3 N–H and O–H groups in total. The summed E-state index contributed by atoms with van der Waals surface area (Å²) in [6.07, 6.45) is 1.17. The Morgan fingerprint density at radius 2 is 2.18 bits per heavy atom. The normalized spacial score (nSPS) is 12.7. The Morgan fingerprint density at radius 3 is 2.76 bits per heavy atom. The van der Waals surface area contributed by atoms with E-state index in [0.717, 1.165) is 23.1 Å². The standard InChI is InChI=1S/C11H21N3O2S/c1-3-14(4-2)11-13-7-10(17-11)6-12-5-9(16)8-15/h7,9,12,15-16H,3-6,8H2,1-2H3. The lowest BCUT2D eigenvalue weighted by Crippen LogP contribution is -2.28. The fraction of sp³-hybridized carbons (Fsp3) is 0.727. The number of nitrogens with one attached hydrogen (secondary N) is 1. The van der Waals surface area contributed by atoms with Gasteiger partial charge >= 0.3 is 0 Å². The molecular weight excluding hydrogens is 238 g/mol. The number of hydrogen-bond donors (Lipinski definition) is 3. The molecule has 1 aromatic rings. The highest BCUT2D eigenvalue weighted by molar-refractivity contribution is 7.15. The molecule has 1 unspecified atom stereocenters. The van der Waals surface area contributed by atoms with Crippen LogP contribution in [0.5, 0.6) is 0 Å². The van der Waals surface area contributed by atoms with Crippen LogP contribution in [0.15, 0.2) is 6.20 Å². The van der Waals surface area contributed by atoms with Gasteiger partial charge in [0, 0.05) is 37.3 Å². The summed E-state index contributed by atoms with van der Waals surface area (Å²) in [5.74, 6) is 0. The second-order valence-electron chi connectivity index (χ2n) is 3.75. The summed E-state index contributed by atoms with van der Waals surface area (Å²) in [6, 6.07) is 0. The van der Waals surface area contributed by atoms with Crippen LogP contribution in [0.2, 0.25) is 0 Å². The van der Waals surface area contributed by atoms with Gasteiger partial charge in [-0.05, 0) is 13.8 Å². The molecule has 0 aromatic carbocycles. The molecule has 0 spiro atoms. The van der Waals surface area contributed by atoms with Crippen molar-refractivity contribution in [2.75, 3.05) is 31.1 Å². The van der Waals surface area contributed by atoms with E-state index in [1.807, 2.05) is 6.20 Å². The first-order chi connectivity index (χ1) is 8.21. The second-order valence-corrected chi connectivity index (χ2v) is 4.84. The average molecular weight is 259 g/mol. The van der Waals surface area contributed by atoms with Crippen LogP contribution in [0.4, 0.5) is 5.13 Å². The first kappa shape index (κ1) is 14.4. The van der Waals surface area contributed by atoms with Gasteiger partial charge in [0.1, 0.15) is 0 Å². The lowest BCUT2D eigenvalue weighted by Gasteiger charge is -2.16. The number of aliphatic hydroxyl groups excluding tert-OH is 2. The van der Waals surface area contributed by atoms with Gasteiger partial charge in [0.25, 0.3) is 0 Å². The van der Waals surface area contributed by atoms with Crippen molar-refractivity contribution in [3.63, 3.8) is 0 Å². The number of aromatic nitrogens is 1.